The molecule has 0 heterocycles. The smallest absolute Gasteiger partial charge is 0.306 e. The van der Waals surface area contributed by atoms with Crippen LogP contribution in [0.4, 0.5) is 0 Å². The molecule has 1 fully saturated rings. The second-order valence-corrected chi connectivity index (χ2v) is 13.3. The molecule has 3 aliphatic rings. The maximum atomic E-state index is 12.5. The average Bonchev–Trinajstić information content (AvgIpc) is 3.05. The Morgan fingerprint density at radius 2 is 1.71 bits per heavy atom. The Bertz CT molecular complexity index is 853. The lowest BCUT2D eigenvalue weighted by atomic mass is 9.47. The van der Waals surface area contributed by atoms with Gasteiger partial charge in [-0.25, -0.2) is 0 Å². The number of rotatable bonds is 10. The number of allylic oxidation sites excluding steroid dienone is 2. The third-order valence-electron chi connectivity index (χ3n) is 11.2. The first-order chi connectivity index (χ1) is 16.1. The van der Waals surface area contributed by atoms with Gasteiger partial charge in [-0.15, -0.1) is 0 Å². The molecular weight excluding hydrogens is 440 g/mol. The van der Waals surface area contributed by atoms with Gasteiger partial charge in [-0.3, -0.25) is 9.59 Å². The highest BCUT2D eigenvalue weighted by Gasteiger charge is 2.62. The lowest BCUT2D eigenvalue weighted by molar-refractivity contribution is -0.147. The van der Waals surface area contributed by atoms with Crippen LogP contribution >= 0.6 is 0 Å². The summed E-state index contributed by atoms with van der Waals surface area (Å²) in [6, 6.07) is 0. The van der Waals surface area contributed by atoms with E-state index in [0.29, 0.717) is 12.3 Å². The van der Waals surface area contributed by atoms with Crippen LogP contribution in [0.15, 0.2) is 11.1 Å². The molecule has 2 unspecified atom stereocenters. The zero-order valence-electron chi connectivity index (χ0n) is 23.2. The molecule has 5 nitrogen and oxygen atoms in total. The van der Waals surface area contributed by atoms with E-state index in [1.165, 1.54) is 13.8 Å². The van der Waals surface area contributed by atoms with Crippen LogP contribution in [0.1, 0.15) is 119 Å². The van der Waals surface area contributed by atoms with Crippen molar-refractivity contribution in [2.45, 2.75) is 131 Å². The first kappa shape index (κ1) is 28.4. The first-order valence-corrected chi connectivity index (χ1v) is 14.0. The van der Waals surface area contributed by atoms with Crippen LogP contribution in [0.5, 0.6) is 0 Å². The number of carboxylic acids is 1. The third kappa shape index (κ3) is 4.89. The van der Waals surface area contributed by atoms with Crippen molar-refractivity contribution in [2.75, 3.05) is 0 Å². The van der Waals surface area contributed by atoms with Crippen molar-refractivity contribution in [1.82, 2.24) is 0 Å². The van der Waals surface area contributed by atoms with Crippen molar-refractivity contribution in [1.29, 1.82) is 0 Å². The van der Waals surface area contributed by atoms with E-state index in [2.05, 4.69) is 27.7 Å². The van der Waals surface area contributed by atoms with Crippen molar-refractivity contribution >= 4 is 11.8 Å². The van der Waals surface area contributed by atoms with Crippen LogP contribution in [0, 0.1) is 34.0 Å². The summed E-state index contributed by atoms with van der Waals surface area (Å²) >= 11 is 0. The quantitative estimate of drug-likeness (QED) is 0.312. The summed E-state index contributed by atoms with van der Waals surface area (Å²) in [5.41, 5.74) is 1.72. The number of ketones is 1. The number of aliphatic carboxylic acids is 1. The SMILES string of the molecule is CC[C@@H](O)CC[C@]1(C)C2=C(CCC1C)[C@]1(C)CCC([C@@H](CCC(=O)C(C)(C)O)C(=O)O)[C@@]1(C)CC2. The maximum absolute atomic E-state index is 12.5. The summed E-state index contributed by atoms with van der Waals surface area (Å²) in [7, 11) is 0. The number of carbonyl (C=O) groups excluding carboxylic acids is 1. The minimum atomic E-state index is -1.42. The molecule has 0 aliphatic heterocycles. The summed E-state index contributed by atoms with van der Waals surface area (Å²) in [6.07, 6.45) is 8.90. The van der Waals surface area contributed by atoms with Crippen LogP contribution in [0.25, 0.3) is 0 Å². The molecule has 0 aromatic heterocycles. The van der Waals surface area contributed by atoms with E-state index in [1.807, 2.05) is 6.92 Å². The van der Waals surface area contributed by atoms with E-state index < -0.39 is 17.5 Å². The molecular formula is C30H50O5. The normalized spacial score (nSPS) is 36.9. The zero-order valence-corrected chi connectivity index (χ0v) is 23.2. The van der Waals surface area contributed by atoms with Gasteiger partial charge < -0.3 is 15.3 Å². The number of Topliss-reactive ketones (excluding diaryl/α,β-unsaturated/α-hetero) is 1. The summed E-state index contributed by atoms with van der Waals surface area (Å²) in [5, 5.41) is 30.6. The molecule has 0 bridgehead atoms. The Morgan fingerprint density at radius 3 is 2.29 bits per heavy atom. The molecule has 0 spiro atoms. The number of carbonyl (C=O) groups is 2. The van der Waals surface area contributed by atoms with E-state index in [-0.39, 0.29) is 40.5 Å². The van der Waals surface area contributed by atoms with E-state index >= 15 is 0 Å². The van der Waals surface area contributed by atoms with Gasteiger partial charge in [0, 0.05) is 6.42 Å². The molecule has 0 saturated heterocycles. The molecule has 35 heavy (non-hydrogen) atoms. The van der Waals surface area contributed by atoms with E-state index in [1.54, 1.807) is 11.1 Å². The van der Waals surface area contributed by atoms with Gasteiger partial charge in [0.25, 0.3) is 0 Å². The van der Waals surface area contributed by atoms with Crippen molar-refractivity contribution in [2.24, 2.45) is 34.0 Å². The second kappa shape index (κ2) is 9.93. The van der Waals surface area contributed by atoms with E-state index in [9.17, 15) is 24.9 Å². The fourth-order valence-electron chi connectivity index (χ4n) is 8.12. The van der Waals surface area contributed by atoms with Gasteiger partial charge in [0.2, 0.25) is 0 Å². The molecule has 0 radical (unpaired) electrons. The fraction of sp³-hybridized carbons (Fsp3) is 0.867. The molecule has 1 saturated carbocycles. The van der Waals surface area contributed by atoms with Crippen molar-refractivity contribution in [3.8, 4) is 0 Å². The minimum Gasteiger partial charge on any atom is -0.481 e. The van der Waals surface area contributed by atoms with Crippen molar-refractivity contribution in [3.05, 3.63) is 11.1 Å². The summed E-state index contributed by atoms with van der Waals surface area (Å²) in [5.74, 6) is -1.05. The van der Waals surface area contributed by atoms with Crippen LogP contribution in [-0.2, 0) is 9.59 Å². The van der Waals surface area contributed by atoms with Gasteiger partial charge in [-0.1, -0.05) is 45.8 Å². The molecule has 200 valence electrons. The standard InChI is InChI=1S/C30H50O5/c1-8-20(31)13-16-28(5)19(2)9-11-24-23(28)15-18-29(6)22(14-17-30(24,29)7)21(26(33)34)10-12-25(32)27(3,4)35/h19-22,31,35H,8-18H2,1-7H3,(H,33,34)/t19?,20-,21-,22?,28+,29-,30+/m1/s1. The predicted molar refractivity (Wildman–Crippen MR) is 139 cm³/mol. The highest BCUT2D eigenvalue weighted by molar-refractivity contribution is 5.86. The van der Waals surface area contributed by atoms with E-state index in [4.69, 9.17) is 0 Å². The highest BCUT2D eigenvalue weighted by Crippen LogP contribution is 2.70. The highest BCUT2D eigenvalue weighted by atomic mass is 16.4. The van der Waals surface area contributed by atoms with E-state index in [0.717, 1.165) is 57.8 Å². The summed E-state index contributed by atoms with van der Waals surface area (Å²) in [4.78, 5) is 24.9. The Kier molecular flexibility index (Phi) is 8.05. The molecule has 5 heteroatoms. The number of aliphatic hydroxyl groups is 2. The average molecular weight is 491 g/mol. The molecule has 0 amide bonds. The lowest BCUT2D eigenvalue weighted by Crippen LogP contribution is -2.48. The largest absolute Gasteiger partial charge is 0.481 e. The molecule has 3 aliphatic carbocycles. The number of carboxylic acid groups (broad SMARTS) is 1. The molecule has 3 rings (SSSR count). The predicted octanol–water partition coefficient (Wildman–Crippen LogP) is 6.31. The molecule has 3 N–H and O–H groups in total. The monoisotopic (exact) mass is 490 g/mol. The summed E-state index contributed by atoms with van der Waals surface area (Å²) < 4.78 is 0. The van der Waals surface area contributed by atoms with Crippen LogP contribution in [0.3, 0.4) is 0 Å². The minimum absolute atomic E-state index is 0.0238. The first-order valence-electron chi connectivity index (χ1n) is 14.0. The van der Waals surface area contributed by atoms with Gasteiger partial charge in [0.1, 0.15) is 5.60 Å². The van der Waals surface area contributed by atoms with Crippen LogP contribution in [-0.4, -0.2) is 38.8 Å². The zero-order chi connectivity index (χ0) is 26.4. The number of hydrogen-bond donors (Lipinski definition) is 3. The van der Waals surface area contributed by atoms with Gasteiger partial charge in [-0.2, -0.15) is 0 Å². The van der Waals surface area contributed by atoms with Crippen LogP contribution in [0.2, 0.25) is 0 Å². The molecule has 0 aromatic rings. The van der Waals surface area contributed by atoms with Crippen LogP contribution < -0.4 is 0 Å². The number of aliphatic hydroxyl groups excluding tert-OH is 1. The van der Waals surface area contributed by atoms with Gasteiger partial charge in [0.15, 0.2) is 5.78 Å². The topological polar surface area (TPSA) is 94.8 Å². The molecule has 0 aromatic carbocycles. The Balaban J connectivity index is 1.92. The van der Waals surface area contributed by atoms with Gasteiger partial charge in [-0.05, 0) is 106 Å². The maximum Gasteiger partial charge on any atom is 0.306 e. The lowest BCUT2D eigenvalue weighted by Gasteiger charge is -2.57. The fourth-order valence-corrected chi connectivity index (χ4v) is 8.12. The second-order valence-electron chi connectivity index (χ2n) is 13.3. The number of hydrogen-bond acceptors (Lipinski definition) is 4. The Morgan fingerprint density at radius 1 is 1.06 bits per heavy atom. The summed E-state index contributed by atoms with van der Waals surface area (Å²) in [6.45, 7) is 14.5. The third-order valence-corrected chi connectivity index (χ3v) is 11.2. The molecule has 7 atom stereocenters. The van der Waals surface area contributed by atoms with Gasteiger partial charge >= 0.3 is 5.97 Å². The Labute approximate surface area is 212 Å². The Hall–Kier alpha value is -1.20. The van der Waals surface area contributed by atoms with Crippen molar-refractivity contribution in [3.63, 3.8) is 0 Å². The number of fused-ring (bicyclic) bond motifs is 2. The van der Waals surface area contributed by atoms with Gasteiger partial charge in [0.05, 0.1) is 12.0 Å². The van der Waals surface area contributed by atoms with Crippen molar-refractivity contribution < 1.29 is 24.9 Å².